The van der Waals surface area contributed by atoms with Gasteiger partial charge in [-0.2, -0.15) is 8.78 Å². The third kappa shape index (κ3) is 5.78. The fraction of sp³-hybridized carbons (Fsp3) is 0.462. The lowest BCUT2D eigenvalue weighted by atomic mass is 10.1. The molecule has 11 heteroatoms. The first-order valence-corrected chi connectivity index (χ1v) is 12.4. The zero-order chi connectivity index (χ0) is 25.9. The first kappa shape index (κ1) is 25.2. The number of ether oxygens (including phenoxy) is 3. The van der Waals surface area contributed by atoms with E-state index in [0.29, 0.717) is 41.7 Å². The van der Waals surface area contributed by atoms with Gasteiger partial charge in [0.15, 0.2) is 0 Å². The smallest absolute Gasteiger partial charge is 0.387 e. The van der Waals surface area contributed by atoms with Crippen LogP contribution in [0.15, 0.2) is 36.7 Å². The second-order valence-electron chi connectivity index (χ2n) is 9.40. The van der Waals surface area contributed by atoms with E-state index in [1.54, 1.807) is 22.9 Å². The number of β-amino-alcohol motifs (C(OH)–C–C–N with tert-alkyl or cyclic N) is 1. The number of hydrogen-bond acceptors (Lipinski definition) is 7. The summed E-state index contributed by atoms with van der Waals surface area (Å²) in [6.07, 6.45) is 6.15. The zero-order valence-corrected chi connectivity index (χ0v) is 20.5. The average Bonchev–Trinajstić information content (AvgIpc) is 3.41. The van der Waals surface area contributed by atoms with Crippen LogP contribution in [0.1, 0.15) is 29.6 Å². The largest absolute Gasteiger partial charge is 0.496 e. The number of fused-ring (bicyclic) bond motifs is 1. The number of carbonyl (C=O) groups excluding carboxylic acids is 1. The number of halogens is 2. The summed E-state index contributed by atoms with van der Waals surface area (Å²) in [6.45, 7) is 0.159. The Labute approximate surface area is 212 Å². The van der Waals surface area contributed by atoms with Crippen LogP contribution in [-0.4, -0.2) is 77.9 Å². The molecule has 0 spiro atoms. The van der Waals surface area contributed by atoms with Gasteiger partial charge in [-0.15, -0.1) is 0 Å². The molecule has 198 valence electrons. The summed E-state index contributed by atoms with van der Waals surface area (Å²) in [5.74, 6) is 0.437. The molecule has 2 aromatic heterocycles. The number of alkyl halides is 2. The minimum Gasteiger partial charge on any atom is -0.496 e. The second-order valence-corrected chi connectivity index (χ2v) is 9.40. The summed E-state index contributed by atoms with van der Waals surface area (Å²) < 4.78 is 44.5. The topological polar surface area (TPSA) is 97.6 Å². The third-order valence-electron chi connectivity index (χ3n) is 6.69. The lowest BCUT2D eigenvalue weighted by Gasteiger charge is -2.16. The monoisotopic (exact) mass is 516 g/mol. The Morgan fingerprint density at radius 2 is 2.05 bits per heavy atom. The summed E-state index contributed by atoms with van der Waals surface area (Å²) in [6, 6.07) is 6.70. The van der Waals surface area contributed by atoms with E-state index in [2.05, 4.69) is 15.2 Å². The number of rotatable bonds is 11. The number of hydrogen-bond donors (Lipinski definition) is 2. The van der Waals surface area contributed by atoms with Crippen molar-refractivity contribution >= 4 is 11.6 Å². The molecule has 3 heterocycles. The van der Waals surface area contributed by atoms with Gasteiger partial charge in [0.05, 0.1) is 32.2 Å². The van der Waals surface area contributed by atoms with Crippen molar-refractivity contribution in [2.45, 2.75) is 31.9 Å². The van der Waals surface area contributed by atoms with Crippen molar-refractivity contribution in [1.82, 2.24) is 19.6 Å². The molecule has 1 aliphatic heterocycles. The van der Waals surface area contributed by atoms with Crippen LogP contribution in [-0.2, 0) is 0 Å². The van der Waals surface area contributed by atoms with Gasteiger partial charge in [0, 0.05) is 42.9 Å². The maximum Gasteiger partial charge on any atom is 0.387 e. The number of pyridine rings is 1. The highest BCUT2D eigenvalue weighted by atomic mass is 19.3. The van der Waals surface area contributed by atoms with Crippen LogP contribution in [0.5, 0.6) is 17.2 Å². The fourth-order valence-corrected chi connectivity index (χ4v) is 4.67. The van der Waals surface area contributed by atoms with Crippen LogP contribution in [0, 0.1) is 5.92 Å². The Kier molecular flexibility index (Phi) is 7.43. The molecule has 1 saturated carbocycles. The Hall–Kier alpha value is -3.44. The SMILES string of the molecule is COc1cc(-c2cnc3cc(OC[C@H]4CCN(CCO)C4)ccn23)cc(OC(F)F)c1C(=O)NC1CC1. The van der Waals surface area contributed by atoms with Crippen molar-refractivity contribution in [3.8, 4) is 28.5 Å². The van der Waals surface area contributed by atoms with E-state index < -0.39 is 12.5 Å². The van der Waals surface area contributed by atoms with Gasteiger partial charge in [-0.25, -0.2) is 4.98 Å². The molecular formula is C26H30F2N4O5. The highest BCUT2D eigenvalue weighted by Gasteiger charge is 2.29. The van der Waals surface area contributed by atoms with Gasteiger partial charge in [-0.05, 0) is 44.0 Å². The molecule has 2 aliphatic rings. The molecule has 37 heavy (non-hydrogen) atoms. The highest BCUT2D eigenvalue weighted by molar-refractivity contribution is 6.01. The van der Waals surface area contributed by atoms with Crippen LogP contribution in [0.2, 0.25) is 0 Å². The molecule has 0 unspecified atom stereocenters. The van der Waals surface area contributed by atoms with E-state index in [1.165, 1.54) is 13.2 Å². The van der Waals surface area contributed by atoms with Crippen molar-refractivity contribution in [3.05, 3.63) is 42.2 Å². The van der Waals surface area contributed by atoms with E-state index in [1.807, 2.05) is 12.1 Å². The number of carbonyl (C=O) groups is 1. The maximum atomic E-state index is 13.3. The fourth-order valence-electron chi connectivity index (χ4n) is 4.67. The van der Waals surface area contributed by atoms with Gasteiger partial charge in [-0.1, -0.05) is 0 Å². The summed E-state index contributed by atoms with van der Waals surface area (Å²) in [5, 5.41) is 11.9. The molecule has 9 nitrogen and oxygen atoms in total. The molecule has 1 amide bonds. The quantitative estimate of drug-likeness (QED) is 0.404. The number of likely N-dealkylation sites (tertiary alicyclic amines) is 1. The van der Waals surface area contributed by atoms with E-state index in [0.717, 1.165) is 32.4 Å². The highest BCUT2D eigenvalue weighted by Crippen LogP contribution is 2.37. The number of aliphatic hydroxyl groups is 1. The van der Waals surface area contributed by atoms with Crippen LogP contribution >= 0.6 is 0 Å². The van der Waals surface area contributed by atoms with Crippen molar-refractivity contribution in [2.75, 3.05) is 40.0 Å². The first-order valence-electron chi connectivity index (χ1n) is 12.4. The van der Waals surface area contributed by atoms with E-state index in [4.69, 9.17) is 19.3 Å². The molecule has 5 rings (SSSR count). The first-order chi connectivity index (χ1) is 17.9. The van der Waals surface area contributed by atoms with Gasteiger partial charge >= 0.3 is 6.61 Å². The molecular weight excluding hydrogens is 486 g/mol. The number of nitrogens with zero attached hydrogens (tertiary/aromatic N) is 3. The van der Waals surface area contributed by atoms with Gasteiger partial charge in [-0.3, -0.25) is 9.20 Å². The van der Waals surface area contributed by atoms with Crippen LogP contribution in [0.3, 0.4) is 0 Å². The minimum absolute atomic E-state index is 0.0413. The molecule has 0 radical (unpaired) electrons. The van der Waals surface area contributed by atoms with Crippen molar-refractivity contribution in [2.24, 2.45) is 5.92 Å². The lowest BCUT2D eigenvalue weighted by Crippen LogP contribution is -2.26. The number of amides is 1. The van der Waals surface area contributed by atoms with E-state index >= 15 is 0 Å². The molecule has 1 atom stereocenters. The van der Waals surface area contributed by atoms with Gasteiger partial charge in [0.2, 0.25) is 0 Å². The third-order valence-corrected chi connectivity index (χ3v) is 6.69. The molecule has 3 aromatic rings. The average molecular weight is 517 g/mol. The molecule has 1 aromatic carbocycles. The molecule has 1 aliphatic carbocycles. The number of aromatic nitrogens is 2. The molecule has 0 bridgehead atoms. The maximum absolute atomic E-state index is 13.3. The number of aliphatic hydroxyl groups excluding tert-OH is 1. The van der Waals surface area contributed by atoms with Crippen molar-refractivity contribution in [3.63, 3.8) is 0 Å². The normalized spacial score (nSPS) is 17.9. The Balaban J connectivity index is 1.38. The Morgan fingerprint density at radius 3 is 2.78 bits per heavy atom. The Bertz CT molecular complexity index is 1260. The predicted octanol–water partition coefficient (Wildman–Crippen LogP) is 3.20. The summed E-state index contributed by atoms with van der Waals surface area (Å²) >= 11 is 0. The predicted molar refractivity (Wildman–Crippen MR) is 131 cm³/mol. The van der Waals surface area contributed by atoms with Gasteiger partial charge in [0.25, 0.3) is 5.91 Å². The van der Waals surface area contributed by atoms with Crippen LogP contribution in [0.25, 0.3) is 16.9 Å². The van der Waals surface area contributed by atoms with Crippen molar-refractivity contribution < 1.29 is 32.9 Å². The molecule has 2 fully saturated rings. The lowest BCUT2D eigenvalue weighted by molar-refractivity contribution is -0.0502. The van der Waals surface area contributed by atoms with Crippen molar-refractivity contribution in [1.29, 1.82) is 0 Å². The number of methoxy groups -OCH3 is 1. The number of benzene rings is 1. The van der Waals surface area contributed by atoms with E-state index in [9.17, 15) is 13.6 Å². The standard InChI is InChI=1S/C26H30F2N4O5/c1-35-21-10-17(11-22(37-26(27)28)24(21)25(34)30-18-2-3-18)20-13-29-23-12-19(5-7-32(20)23)36-15-16-4-6-31(14-16)8-9-33/h5,7,10-13,16,18,26,33H,2-4,6,8-9,14-15H2,1H3,(H,30,34)/t16-/m0/s1. The summed E-state index contributed by atoms with van der Waals surface area (Å²) in [7, 11) is 1.38. The van der Waals surface area contributed by atoms with E-state index in [-0.39, 0.29) is 29.7 Å². The van der Waals surface area contributed by atoms with Gasteiger partial charge < -0.3 is 29.5 Å². The molecule has 2 N–H and O–H groups in total. The second kappa shape index (κ2) is 10.9. The molecule has 1 saturated heterocycles. The minimum atomic E-state index is -3.11. The summed E-state index contributed by atoms with van der Waals surface area (Å²) in [5.41, 5.74) is 1.68. The number of imidazole rings is 1. The van der Waals surface area contributed by atoms with Crippen LogP contribution < -0.4 is 19.5 Å². The summed E-state index contributed by atoms with van der Waals surface area (Å²) in [4.78, 5) is 19.5. The zero-order valence-electron chi connectivity index (χ0n) is 20.5. The van der Waals surface area contributed by atoms with Crippen LogP contribution in [0.4, 0.5) is 8.78 Å². The number of nitrogens with one attached hydrogen (secondary N) is 1. The van der Waals surface area contributed by atoms with Gasteiger partial charge in [0.1, 0.15) is 28.5 Å². The Morgan fingerprint density at radius 1 is 1.24 bits per heavy atom.